The van der Waals surface area contributed by atoms with Gasteiger partial charge in [-0.1, -0.05) is 60.7 Å². The lowest BCUT2D eigenvalue weighted by Gasteiger charge is -2.09. The van der Waals surface area contributed by atoms with E-state index < -0.39 is 0 Å². The van der Waals surface area contributed by atoms with E-state index >= 15 is 0 Å². The topological polar surface area (TPSA) is 64.0 Å². The molecule has 0 spiro atoms. The van der Waals surface area contributed by atoms with E-state index in [1.54, 1.807) is 22.9 Å². The number of aromatic nitrogens is 2. The highest BCUT2D eigenvalue weighted by atomic mass is 16.1. The predicted molar refractivity (Wildman–Crippen MR) is 109 cm³/mol. The third-order valence-corrected chi connectivity index (χ3v) is 4.58. The van der Waals surface area contributed by atoms with Crippen molar-refractivity contribution in [1.29, 1.82) is 0 Å². The fourth-order valence-corrected chi connectivity index (χ4v) is 3.07. The van der Waals surface area contributed by atoms with Crippen molar-refractivity contribution in [1.82, 2.24) is 14.9 Å². The second-order valence-corrected chi connectivity index (χ2v) is 6.56. The normalized spacial score (nSPS) is 10.7. The molecule has 4 rings (SSSR count). The van der Waals surface area contributed by atoms with Crippen LogP contribution in [0.2, 0.25) is 0 Å². The lowest BCUT2D eigenvalue weighted by Crippen LogP contribution is -2.24. The Balaban J connectivity index is 1.59. The second kappa shape index (κ2) is 7.88. The van der Waals surface area contributed by atoms with E-state index in [1.807, 2.05) is 60.7 Å². The van der Waals surface area contributed by atoms with E-state index in [-0.39, 0.29) is 11.5 Å². The molecule has 2 aromatic carbocycles. The highest BCUT2D eigenvalue weighted by Gasteiger charge is 2.10. The number of rotatable bonds is 5. The quantitative estimate of drug-likeness (QED) is 0.587. The van der Waals surface area contributed by atoms with Crippen molar-refractivity contribution < 1.29 is 4.79 Å². The maximum atomic E-state index is 12.9. The van der Waals surface area contributed by atoms with Crippen molar-refractivity contribution in [2.24, 2.45) is 0 Å². The van der Waals surface area contributed by atoms with Crippen molar-refractivity contribution in [3.8, 4) is 0 Å². The zero-order valence-corrected chi connectivity index (χ0v) is 15.2. The van der Waals surface area contributed by atoms with E-state index in [9.17, 15) is 9.59 Å². The Labute approximate surface area is 162 Å². The number of amides is 1. The summed E-state index contributed by atoms with van der Waals surface area (Å²) in [4.78, 5) is 29.7. The van der Waals surface area contributed by atoms with Crippen molar-refractivity contribution in [3.05, 3.63) is 112 Å². The maximum Gasteiger partial charge on any atom is 0.260 e. The molecular weight excluding hydrogens is 350 g/mol. The van der Waals surface area contributed by atoms with Gasteiger partial charge in [0.2, 0.25) is 0 Å². The molecule has 1 amide bonds. The fourth-order valence-electron chi connectivity index (χ4n) is 3.07. The molecule has 0 aliphatic rings. The largest absolute Gasteiger partial charge is 0.348 e. The molecule has 0 fully saturated rings. The molecule has 5 nitrogen and oxygen atoms in total. The van der Waals surface area contributed by atoms with Gasteiger partial charge in [-0.05, 0) is 23.3 Å². The Bertz CT molecular complexity index is 1170. The summed E-state index contributed by atoms with van der Waals surface area (Å²) < 4.78 is 1.63. The van der Waals surface area contributed by atoms with Crippen LogP contribution in [-0.2, 0) is 13.1 Å². The van der Waals surface area contributed by atoms with E-state index in [0.717, 1.165) is 11.1 Å². The lowest BCUT2D eigenvalue weighted by molar-refractivity contribution is 0.0950. The van der Waals surface area contributed by atoms with Gasteiger partial charge in [-0.2, -0.15) is 0 Å². The number of nitrogens with one attached hydrogen (secondary N) is 1. The monoisotopic (exact) mass is 369 g/mol. The van der Waals surface area contributed by atoms with Crippen LogP contribution >= 0.6 is 0 Å². The van der Waals surface area contributed by atoms with Crippen LogP contribution in [0.3, 0.4) is 0 Å². The Morgan fingerprint density at radius 3 is 2.32 bits per heavy atom. The third-order valence-electron chi connectivity index (χ3n) is 4.58. The van der Waals surface area contributed by atoms with Crippen LogP contribution < -0.4 is 10.9 Å². The van der Waals surface area contributed by atoms with E-state index in [4.69, 9.17) is 0 Å². The second-order valence-electron chi connectivity index (χ2n) is 6.56. The molecule has 28 heavy (non-hydrogen) atoms. The average Bonchev–Trinajstić information content (AvgIpc) is 2.75. The standard InChI is InChI=1S/C23H19N3O2/c27-22(25-14-17-7-3-1-4-8-17)19-13-20-21(24-15-19)11-12-26(23(20)28)16-18-9-5-2-6-10-18/h1-13,15H,14,16H2,(H,25,27). The highest BCUT2D eigenvalue weighted by molar-refractivity contribution is 5.97. The summed E-state index contributed by atoms with van der Waals surface area (Å²) in [6.07, 6.45) is 3.24. The van der Waals surface area contributed by atoms with Gasteiger partial charge in [-0.15, -0.1) is 0 Å². The van der Waals surface area contributed by atoms with E-state index in [0.29, 0.717) is 29.6 Å². The highest BCUT2D eigenvalue weighted by Crippen LogP contribution is 2.11. The molecule has 4 aromatic rings. The summed E-state index contributed by atoms with van der Waals surface area (Å²) in [7, 11) is 0. The first-order valence-electron chi connectivity index (χ1n) is 9.06. The van der Waals surface area contributed by atoms with Crippen LogP contribution in [0.1, 0.15) is 21.5 Å². The van der Waals surface area contributed by atoms with E-state index in [2.05, 4.69) is 10.3 Å². The fraction of sp³-hybridized carbons (Fsp3) is 0.0870. The van der Waals surface area contributed by atoms with Crippen molar-refractivity contribution in [3.63, 3.8) is 0 Å². The van der Waals surface area contributed by atoms with E-state index in [1.165, 1.54) is 6.20 Å². The molecule has 5 heteroatoms. The molecule has 0 saturated carbocycles. The van der Waals surface area contributed by atoms with Crippen LogP contribution in [0, 0.1) is 0 Å². The Morgan fingerprint density at radius 1 is 0.929 bits per heavy atom. The summed E-state index contributed by atoms with van der Waals surface area (Å²) in [5, 5.41) is 3.30. The summed E-state index contributed by atoms with van der Waals surface area (Å²) in [5.41, 5.74) is 2.84. The van der Waals surface area contributed by atoms with Crippen LogP contribution in [0.5, 0.6) is 0 Å². The molecular formula is C23H19N3O2. The maximum absolute atomic E-state index is 12.9. The SMILES string of the molecule is O=C(NCc1ccccc1)c1cnc2ccn(Cc3ccccc3)c(=O)c2c1. The van der Waals surface area contributed by atoms with Gasteiger partial charge in [0.15, 0.2) is 0 Å². The first-order chi connectivity index (χ1) is 13.7. The number of hydrogen-bond donors (Lipinski definition) is 1. The number of hydrogen-bond acceptors (Lipinski definition) is 3. The molecule has 2 heterocycles. The zero-order valence-electron chi connectivity index (χ0n) is 15.2. The first kappa shape index (κ1) is 17.7. The number of carbonyl (C=O) groups excluding carboxylic acids is 1. The molecule has 0 unspecified atom stereocenters. The van der Waals surface area contributed by atoms with Gasteiger partial charge >= 0.3 is 0 Å². The molecule has 0 aliphatic heterocycles. The average molecular weight is 369 g/mol. The minimum atomic E-state index is -0.254. The summed E-state index contributed by atoms with van der Waals surface area (Å²) >= 11 is 0. The van der Waals surface area contributed by atoms with Crippen LogP contribution in [0.15, 0.2) is 90.0 Å². The molecule has 1 N–H and O–H groups in total. The van der Waals surface area contributed by atoms with Gasteiger partial charge in [0, 0.05) is 18.9 Å². The molecule has 0 atom stereocenters. The van der Waals surface area contributed by atoms with Crippen LogP contribution in [-0.4, -0.2) is 15.5 Å². The molecule has 0 radical (unpaired) electrons. The number of nitrogens with zero attached hydrogens (tertiary/aromatic N) is 2. The van der Waals surface area contributed by atoms with Gasteiger partial charge in [0.05, 0.1) is 23.0 Å². The molecule has 138 valence electrons. The number of benzene rings is 2. The first-order valence-corrected chi connectivity index (χ1v) is 9.06. The summed E-state index contributed by atoms with van der Waals surface area (Å²) in [5.74, 6) is -0.254. The van der Waals surface area contributed by atoms with Crippen LogP contribution in [0.25, 0.3) is 10.9 Å². The van der Waals surface area contributed by atoms with Gasteiger partial charge in [-0.3, -0.25) is 14.6 Å². The van der Waals surface area contributed by atoms with Gasteiger partial charge in [0.1, 0.15) is 0 Å². The minimum Gasteiger partial charge on any atom is -0.348 e. The minimum absolute atomic E-state index is 0.161. The van der Waals surface area contributed by atoms with Crippen molar-refractivity contribution in [2.75, 3.05) is 0 Å². The third kappa shape index (κ3) is 3.83. The molecule has 0 saturated heterocycles. The number of pyridine rings is 2. The smallest absolute Gasteiger partial charge is 0.260 e. The Kier molecular flexibility index (Phi) is 4.97. The molecule has 2 aromatic heterocycles. The van der Waals surface area contributed by atoms with Crippen LogP contribution in [0.4, 0.5) is 0 Å². The summed E-state index contributed by atoms with van der Waals surface area (Å²) in [6, 6.07) is 22.9. The molecule has 0 bridgehead atoms. The number of carbonyl (C=O) groups is 1. The Hall–Kier alpha value is -3.73. The van der Waals surface area contributed by atoms with Gasteiger partial charge in [-0.25, -0.2) is 0 Å². The zero-order chi connectivity index (χ0) is 19.3. The lowest BCUT2D eigenvalue weighted by atomic mass is 10.1. The predicted octanol–water partition coefficient (Wildman–Crippen LogP) is 3.37. The van der Waals surface area contributed by atoms with Crippen molar-refractivity contribution >= 4 is 16.8 Å². The number of fused-ring (bicyclic) bond motifs is 1. The summed E-state index contributed by atoms with van der Waals surface area (Å²) in [6.45, 7) is 0.894. The Morgan fingerprint density at radius 2 is 1.61 bits per heavy atom. The van der Waals surface area contributed by atoms with Gasteiger partial charge < -0.3 is 9.88 Å². The van der Waals surface area contributed by atoms with Crippen molar-refractivity contribution in [2.45, 2.75) is 13.1 Å². The van der Waals surface area contributed by atoms with Gasteiger partial charge in [0.25, 0.3) is 11.5 Å². The molecule has 0 aliphatic carbocycles.